The van der Waals surface area contributed by atoms with Crippen LogP contribution in [0.5, 0.6) is 5.75 Å². The second-order valence-corrected chi connectivity index (χ2v) is 11.1. The van der Waals surface area contributed by atoms with Gasteiger partial charge in [-0.3, -0.25) is 4.79 Å². The molecule has 2 aliphatic heterocycles. The second kappa shape index (κ2) is 12.2. The zero-order chi connectivity index (χ0) is 31.0. The van der Waals surface area contributed by atoms with Crippen molar-refractivity contribution in [1.29, 1.82) is 5.41 Å². The van der Waals surface area contributed by atoms with E-state index in [1.54, 1.807) is 50.7 Å². The molecule has 3 N–H and O–H groups in total. The first-order chi connectivity index (χ1) is 20.6. The Labute approximate surface area is 257 Å². The van der Waals surface area contributed by atoms with Crippen LogP contribution in [0.15, 0.2) is 48.7 Å². The molecule has 0 bridgehead atoms. The number of carbonyl (C=O) groups excluding carboxylic acids is 1. The summed E-state index contributed by atoms with van der Waals surface area (Å²) in [6.45, 7) is 2.39. The Morgan fingerprint density at radius 1 is 1.19 bits per heavy atom. The summed E-state index contributed by atoms with van der Waals surface area (Å²) in [5, 5.41) is 20.5. The molecule has 2 atom stereocenters. The molecule has 0 unspecified atom stereocenters. The molecule has 3 aromatic rings. The van der Waals surface area contributed by atoms with Crippen LogP contribution in [0.4, 0.5) is 10.1 Å². The molecule has 1 amide bonds. The van der Waals surface area contributed by atoms with Gasteiger partial charge in [0.15, 0.2) is 6.73 Å². The maximum absolute atomic E-state index is 15.5. The van der Waals surface area contributed by atoms with Crippen molar-refractivity contribution in [3.8, 4) is 16.9 Å². The maximum atomic E-state index is 15.5. The Balaban J connectivity index is 1.47. The number of allylic oxidation sites excluding steroid dienone is 1. The molecule has 0 spiro atoms. The molecule has 5 rings (SSSR count). The molecule has 0 aliphatic carbocycles. The fourth-order valence-electron chi connectivity index (χ4n) is 5.42. The summed E-state index contributed by atoms with van der Waals surface area (Å²) < 4.78 is 26.9. The topological polar surface area (TPSA) is 115 Å². The van der Waals surface area contributed by atoms with Crippen molar-refractivity contribution in [2.75, 3.05) is 32.3 Å². The van der Waals surface area contributed by atoms with E-state index in [1.165, 1.54) is 11.0 Å². The number of carbonyl (C=O) groups is 2. The quantitative estimate of drug-likeness (QED) is 0.266. The number of rotatable bonds is 8. The number of amides is 1. The molecule has 1 fully saturated rings. The molecular weight excluding hydrogens is 598 g/mol. The minimum atomic E-state index is -1.23. The highest BCUT2D eigenvalue weighted by molar-refractivity contribution is 6.40. The summed E-state index contributed by atoms with van der Waals surface area (Å²) >= 11 is 13.0. The predicted molar refractivity (Wildman–Crippen MR) is 164 cm³/mol. The minimum absolute atomic E-state index is 0.0624. The molecule has 2 heterocycles. The Morgan fingerprint density at radius 3 is 2.51 bits per heavy atom. The van der Waals surface area contributed by atoms with E-state index in [1.807, 2.05) is 11.8 Å². The average molecular weight is 628 g/mol. The molecule has 0 radical (unpaired) electrons. The molecule has 0 aromatic heterocycles. The smallest absolute Gasteiger partial charge is 0.337 e. The molecule has 1 saturated heterocycles. The lowest BCUT2D eigenvalue weighted by atomic mass is 9.93. The highest BCUT2D eigenvalue weighted by atomic mass is 35.5. The fraction of sp³-hybridized carbons (Fsp3) is 0.258. The minimum Gasteiger partial charge on any atom is -0.478 e. The second-order valence-electron chi connectivity index (χ2n) is 10.2. The zero-order valence-electron chi connectivity index (χ0n) is 23.6. The fourth-order valence-corrected chi connectivity index (χ4v) is 6.07. The van der Waals surface area contributed by atoms with Crippen molar-refractivity contribution in [3.05, 3.63) is 86.8 Å². The van der Waals surface area contributed by atoms with Gasteiger partial charge in [0.05, 0.1) is 45.6 Å². The van der Waals surface area contributed by atoms with Gasteiger partial charge >= 0.3 is 5.97 Å². The molecule has 12 heteroatoms. The van der Waals surface area contributed by atoms with Crippen LogP contribution in [0.25, 0.3) is 16.7 Å². The lowest BCUT2D eigenvalue weighted by Crippen LogP contribution is -2.60. The molecule has 43 heavy (non-hydrogen) atoms. The van der Waals surface area contributed by atoms with Gasteiger partial charge in [0.2, 0.25) is 0 Å². The lowest BCUT2D eigenvalue weighted by molar-refractivity contribution is 0.0455. The third-order valence-corrected chi connectivity index (χ3v) is 8.37. The highest BCUT2D eigenvalue weighted by Crippen LogP contribution is 2.42. The van der Waals surface area contributed by atoms with E-state index in [2.05, 4.69) is 5.32 Å². The maximum Gasteiger partial charge on any atom is 0.337 e. The summed E-state index contributed by atoms with van der Waals surface area (Å²) in [6, 6.07) is 10.8. The number of para-hydroxylation sites is 1. The van der Waals surface area contributed by atoms with Gasteiger partial charge in [0, 0.05) is 55.4 Å². The number of benzene rings is 3. The van der Waals surface area contributed by atoms with Crippen LogP contribution >= 0.6 is 23.2 Å². The van der Waals surface area contributed by atoms with Gasteiger partial charge in [-0.25, -0.2) is 9.18 Å². The molecule has 9 nitrogen and oxygen atoms in total. The number of halogens is 3. The number of methoxy groups -OCH3 is 1. The van der Waals surface area contributed by atoms with E-state index >= 15 is 4.39 Å². The Hall–Kier alpha value is -4.12. The number of nitrogens with one attached hydrogen (secondary N) is 2. The number of aromatic carboxylic acids is 1. The number of ether oxygens (including phenoxy) is 2. The SMILES string of the molecule is CN/C=C(\C=N)c1cc(Cl)c(C(=O)N2COc3c(cccc3-c3cc(N4C[C@H](OC)[C@@H]4C)c(C(=O)O)cc3F)C2)c(Cl)c1. The van der Waals surface area contributed by atoms with Gasteiger partial charge in [-0.1, -0.05) is 41.4 Å². The van der Waals surface area contributed by atoms with E-state index < -0.39 is 17.7 Å². The number of carboxylic acid groups (broad SMARTS) is 1. The molecule has 224 valence electrons. The largest absolute Gasteiger partial charge is 0.478 e. The number of hydrogen-bond donors (Lipinski definition) is 3. The van der Waals surface area contributed by atoms with Crippen molar-refractivity contribution in [3.63, 3.8) is 0 Å². The van der Waals surface area contributed by atoms with Crippen molar-refractivity contribution >= 4 is 52.6 Å². The number of carboxylic acids is 1. The first-order valence-corrected chi connectivity index (χ1v) is 14.1. The van der Waals surface area contributed by atoms with Crippen molar-refractivity contribution in [2.45, 2.75) is 25.6 Å². The van der Waals surface area contributed by atoms with Crippen LogP contribution in [0.3, 0.4) is 0 Å². The Morgan fingerprint density at radius 2 is 1.91 bits per heavy atom. The normalized spacial score (nSPS) is 18.0. The van der Waals surface area contributed by atoms with Gasteiger partial charge in [0.1, 0.15) is 11.6 Å². The standard InChI is InChI=1S/C31H29Cl2FN4O5/c1-16-27(42-3)14-38(16)26-10-21(25(34)9-22(26)31(40)41)20-6-4-5-17-13-37(15-43-29(17)20)30(39)28-23(32)7-18(8-24(28)33)19(11-35)12-36-2/h4-12,16,27,35-36H,13-15H2,1-3H3,(H,40,41)/b19-12+,35-11?/t16-,27-/m0/s1. The Bertz CT molecular complexity index is 1640. The third kappa shape index (κ3) is 5.53. The summed E-state index contributed by atoms with van der Waals surface area (Å²) in [5.74, 6) is -1.99. The molecule has 2 aliphatic rings. The summed E-state index contributed by atoms with van der Waals surface area (Å²) in [5.41, 5.74) is 2.70. The lowest BCUT2D eigenvalue weighted by Gasteiger charge is -2.47. The number of fused-ring (bicyclic) bond motifs is 1. The number of nitrogens with zero attached hydrogens (tertiary/aromatic N) is 2. The summed E-state index contributed by atoms with van der Waals surface area (Å²) in [6.07, 6.45) is 2.70. The van der Waals surface area contributed by atoms with Crippen LogP contribution < -0.4 is 15.0 Å². The average Bonchev–Trinajstić information content (AvgIpc) is 2.98. The third-order valence-electron chi connectivity index (χ3n) is 7.78. The van der Waals surface area contributed by atoms with Crippen molar-refractivity contribution < 1.29 is 28.6 Å². The molecule has 0 saturated carbocycles. The van der Waals surface area contributed by atoms with Gasteiger partial charge < -0.3 is 35.1 Å². The van der Waals surface area contributed by atoms with E-state index in [0.717, 1.165) is 12.3 Å². The van der Waals surface area contributed by atoms with Crippen LogP contribution in [0.2, 0.25) is 10.0 Å². The van der Waals surface area contributed by atoms with Gasteiger partial charge in [-0.05, 0) is 36.8 Å². The predicted octanol–water partition coefficient (Wildman–Crippen LogP) is 5.92. The monoisotopic (exact) mass is 626 g/mol. The first-order valence-electron chi connectivity index (χ1n) is 13.4. The van der Waals surface area contributed by atoms with E-state index in [-0.39, 0.29) is 52.2 Å². The Kier molecular flexibility index (Phi) is 8.64. The molecule has 3 aromatic carbocycles. The van der Waals surface area contributed by atoms with Gasteiger partial charge in [-0.15, -0.1) is 0 Å². The van der Waals surface area contributed by atoms with E-state index in [4.69, 9.17) is 38.1 Å². The van der Waals surface area contributed by atoms with Crippen molar-refractivity contribution in [1.82, 2.24) is 10.2 Å². The zero-order valence-corrected chi connectivity index (χ0v) is 25.1. The van der Waals surface area contributed by atoms with Crippen LogP contribution in [0, 0.1) is 11.2 Å². The highest BCUT2D eigenvalue weighted by Gasteiger charge is 2.38. The van der Waals surface area contributed by atoms with Gasteiger partial charge in [0.25, 0.3) is 5.91 Å². The van der Waals surface area contributed by atoms with Crippen LogP contribution in [0.1, 0.15) is 38.8 Å². The van der Waals surface area contributed by atoms with Gasteiger partial charge in [-0.2, -0.15) is 0 Å². The first kappa shape index (κ1) is 30.3. The summed E-state index contributed by atoms with van der Waals surface area (Å²) in [4.78, 5) is 28.9. The van der Waals surface area contributed by atoms with Crippen LogP contribution in [-0.2, 0) is 11.3 Å². The molecular formula is C31H29Cl2FN4O5. The number of hydrogen-bond acceptors (Lipinski definition) is 7. The number of anilines is 1. The van der Waals surface area contributed by atoms with E-state index in [9.17, 15) is 14.7 Å². The van der Waals surface area contributed by atoms with Crippen molar-refractivity contribution in [2.24, 2.45) is 0 Å². The summed E-state index contributed by atoms with van der Waals surface area (Å²) in [7, 11) is 3.30. The van der Waals surface area contributed by atoms with Crippen LogP contribution in [-0.4, -0.2) is 67.7 Å². The van der Waals surface area contributed by atoms with E-state index in [0.29, 0.717) is 40.2 Å².